The molecule has 0 fully saturated rings. The van der Waals surface area contributed by atoms with E-state index < -0.39 is 0 Å². The predicted octanol–water partition coefficient (Wildman–Crippen LogP) is -0.245. The summed E-state index contributed by atoms with van der Waals surface area (Å²) < 4.78 is 0. The summed E-state index contributed by atoms with van der Waals surface area (Å²) in [6.07, 6.45) is 2.65. The number of aliphatic imine (C=N–C) groups is 2. The average molecular weight is 181 g/mol. The Bertz CT molecular complexity index is 287. The topological polar surface area (TPSA) is 75.3 Å². The van der Waals surface area contributed by atoms with E-state index >= 15 is 0 Å². The number of fused-ring (bicyclic) bond motifs is 1. The Kier molecular flexibility index (Phi) is 1.77. The zero-order chi connectivity index (χ0) is 9.42. The predicted molar refractivity (Wildman–Crippen MR) is 48.3 cm³/mol. The van der Waals surface area contributed by atoms with Crippen LogP contribution >= 0.6 is 0 Å². The molecule has 2 N–H and O–H groups in total. The highest BCUT2D eigenvalue weighted by atomic mass is 16.5. The van der Waals surface area contributed by atoms with Crippen LogP contribution in [0.25, 0.3) is 0 Å². The van der Waals surface area contributed by atoms with E-state index in [9.17, 15) is 5.21 Å². The maximum Gasteiger partial charge on any atom is 0.170 e. The van der Waals surface area contributed by atoms with Crippen LogP contribution in [0.5, 0.6) is 0 Å². The molecule has 0 radical (unpaired) electrons. The summed E-state index contributed by atoms with van der Waals surface area (Å²) in [5.41, 5.74) is 0. The molecular weight excluding hydrogens is 170 g/mol. The number of rotatable bonds is 1. The molecule has 0 spiro atoms. The lowest BCUT2D eigenvalue weighted by Crippen LogP contribution is -2.51. The lowest BCUT2D eigenvalue weighted by molar-refractivity contribution is 0.0551. The fraction of sp³-hybridized carbons (Fsp3) is 0.571. The quantitative estimate of drug-likeness (QED) is 0.586. The van der Waals surface area contributed by atoms with Crippen molar-refractivity contribution in [1.29, 1.82) is 5.41 Å². The van der Waals surface area contributed by atoms with E-state index in [-0.39, 0.29) is 18.0 Å². The Hall–Kier alpha value is -1.43. The van der Waals surface area contributed by atoms with Gasteiger partial charge in [0.25, 0.3) is 0 Å². The summed E-state index contributed by atoms with van der Waals surface area (Å²) >= 11 is 0. The van der Waals surface area contributed by atoms with Gasteiger partial charge in [0.05, 0.1) is 6.34 Å². The van der Waals surface area contributed by atoms with Gasteiger partial charge in [-0.25, -0.2) is 9.98 Å². The number of likely N-dealkylation sites (N-methyl/N-ethyl adjacent to an activating group) is 1. The van der Waals surface area contributed by atoms with Gasteiger partial charge in [-0.3, -0.25) is 10.6 Å². The van der Waals surface area contributed by atoms with Gasteiger partial charge in [0.2, 0.25) is 0 Å². The molecule has 2 aliphatic heterocycles. The molecule has 70 valence electrons. The molecule has 6 nitrogen and oxygen atoms in total. The van der Waals surface area contributed by atoms with Gasteiger partial charge in [-0.2, -0.15) is 5.06 Å². The first-order valence-electron chi connectivity index (χ1n) is 4.13. The maximum absolute atomic E-state index is 9.22. The van der Waals surface area contributed by atoms with E-state index in [0.29, 0.717) is 0 Å². The van der Waals surface area contributed by atoms with Gasteiger partial charge < -0.3 is 4.90 Å². The number of nitrogens with zero attached hydrogens (tertiary/aromatic N) is 4. The third-order valence-electron chi connectivity index (χ3n) is 2.23. The lowest BCUT2D eigenvalue weighted by Gasteiger charge is -2.30. The largest absolute Gasteiger partial charge is 0.349 e. The van der Waals surface area contributed by atoms with Gasteiger partial charge >= 0.3 is 0 Å². The van der Waals surface area contributed by atoms with Crippen LogP contribution in [0.15, 0.2) is 9.98 Å². The molecule has 0 saturated heterocycles. The van der Waals surface area contributed by atoms with Gasteiger partial charge in [0.1, 0.15) is 12.4 Å². The van der Waals surface area contributed by atoms with Crippen molar-refractivity contribution in [2.75, 3.05) is 6.54 Å². The number of hydroxylamine groups is 2. The minimum absolute atomic E-state index is 0.124. The molecular formula is C7H11N5O. The van der Waals surface area contributed by atoms with Crippen molar-refractivity contribution in [2.45, 2.75) is 19.1 Å². The highest BCUT2D eigenvalue weighted by molar-refractivity contribution is 5.96. The van der Waals surface area contributed by atoms with Crippen LogP contribution in [-0.4, -0.2) is 52.4 Å². The van der Waals surface area contributed by atoms with E-state index in [4.69, 9.17) is 5.41 Å². The zero-order valence-corrected chi connectivity index (χ0v) is 7.25. The summed E-state index contributed by atoms with van der Waals surface area (Å²) in [5.74, 6) is 0.124. The Labute approximate surface area is 75.7 Å². The van der Waals surface area contributed by atoms with Crippen LogP contribution in [-0.2, 0) is 0 Å². The summed E-state index contributed by atoms with van der Waals surface area (Å²) in [6, 6.07) is -0.236. The Balaban J connectivity index is 2.26. The summed E-state index contributed by atoms with van der Waals surface area (Å²) in [4.78, 5) is 9.99. The SMILES string of the molecule is CCN1C=NC2N=CN(O)C(=N)C21. The fourth-order valence-electron chi connectivity index (χ4n) is 1.50. The van der Waals surface area contributed by atoms with Crippen molar-refractivity contribution in [1.82, 2.24) is 9.96 Å². The maximum atomic E-state index is 9.22. The summed E-state index contributed by atoms with van der Waals surface area (Å²) in [5, 5.41) is 17.6. The number of nitrogens with one attached hydrogen (secondary N) is 1. The summed E-state index contributed by atoms with van der Waals surface area (Å²) in [6.45, 7) is 2.73. The van der Waals surface area contributed by atoms with Gasteiger partial charge in [-0.05, 0) is 6.92 Å². The molecule has 2 rings (SSSR count). The van der Waals surface area contributed by atoms with Gasteiger partial charge in [-0.15, -0.1) is 0 Å². The molecule has 2 atom stereocenters. The van der Waals surface area contributed by atoms with Crippen LogP contribution < -0.4 is 0 Å². The van der Waals surface area contributed by atoms with Gasteiger partial charge in [-0.1, -0.05) is 0 Å². The molecule has 2 aliphatic rings. The highest BCUT2D eigenvalue weighted by Crippen LogP contribution is 2.19. The van der Waals surface area contributed by atoms with E-state index in [1.54, 1.807) is 6.34 Å². The van der Waals surface area contributed by atoms with Crippen LogP contribution in [0, 0.1) is 5.41 Å². The zero-order valence-electron chi connectivity index (χ0n) is 7.25. The molecule has 0 aromatic rings. The van der Waals surface area contributed by atoms with Crippen molar-refractivity contribution in [3.8, 4) is 0 Å². The molecule has 0 aliphatic carbocycles. The first-order chi connectivity index (χ1) is 6.24. The highest BCUT2D eigenvalue weighted by Gasteiger charge is 2.37. The van der Waals surface area contributed by atoms with Crippen molar-refractivity contribution in [3.05, 3.63) is 0 Å². The molecule has 0 bridgehead atoms. The smallest absolute Gasteiger partial charge is 0.170 e. The molecule has 2 unspecified atom stereocenters. The fourth-order valence-corrected chi connectivity index (χ4v) is 1.50. The third-order valence-corrected chi connectivity index (χ3v) is 2.23. The standard InChI is InChI=1S/C7H11N5O/c1-2-11-3-9-7-5(11)6(8)12(13)4-10-7/h3-5,7-8,13H,2H2,1H3. The molecule has 0 amide bonds. The first kappa shape index (κ1) is 8.18. The molecule has 0 aromatic heterocycles. The minimum Gasteiger partial charge on any atom is -0.349 e. The van der Waals surface area contributed by atoms with Crippen molar-refractivity contribution >= 4 is 18.5 Å². The Morgan fingerprint density at radius 2 is 2.23 bits per heavy atom. The molecule has 6 heteroatoms. The second-order valence-corrected chi connectivity index (χ2v) is 2.95. The molecule has 0 aromatic carbocycles. The number of hydrogen-bond acceptors (Lipinski definition) is 5. The van der Waals surface area contributed by atoms with Crippen molar-refractivity contribution in [3.63, 3.8) is 0 Å². The van der Waals surface area contributed by atoms with Crippen LogP contribution in [0.1, 0.15) is 6.92 Å². The molecule has 0 saturated carbocycles. The number of hydrogen-bond donors (Lipinski definition) is 2. The van der Waals surface area contributed by atoms with Gasteiger partial charge in [0.15, 0.2) is 12.0 Å². The second kappa shape index (κ2) is 2.81. The second-order valence-electron chi connectivity index (χ2n) is 2.95. The third kappa shape index (κ3) is 1.10. The van der Waals surface area contributed by atoms with Gasteiger partial charge in [0, 0.05) is 6.54 Å². The van der Waals surface area contributed by atoms with Crippen LogP contribution in [0.3, 0.4) is 0 Å². The monoisotopic (exact) mass is 181 g/mol. The van der Waals surface area contributed by atoms with Crippen LogP contribution in [0.4, 0.5) is 0 Å². The summed E-state index contributed by atoms with van der Waals surface area (Å²) in [7, 11) is 0. The first-order valence-corrected chi connectivity index (χ1v) is 4.13. The Morgan fingerprint density at radius 3 is 2.92 bits per heavy atom. The van der Waals surface area contributed by atoms with E-state index in [1.165, 1.54) is 6.34 Å². The van der Waals surface area contributed by atoms with E-state index in [1.807, 2.05) is 11.8 Å². The van der Waals surface area contributed by atoms with E-state index in [0.717, 1.165) is 11.6 Å². The van der Waals surface area contributed by atoms with Crippen molar-refractivity contribution in [2.24, 2.45) is 9.98 Å². The molecule has 2 heterocycles. The van der Waals surface area contributed by atoms with E-state index in [2.05, 4.69) is 9.98 Å². The Morgan fingerprint density at radius 1 is 1.54 bits per heavy atom. The van der Waals surface area contributed by atoms with Crippen LogP contribution in [0.2, 0.25) is 0 Å². The normalized spacial score (nSPS) is 31.4. The lowest BCUT2D eigenvalue weighted by atomic mass is 10.2. The van der Waals surface area contributed by atoms with Crippen molar-refractivity contribution < 1.29 is 5.21 Å². The average Bonchev–Trinajstić information content (AvgIpc) is 2.55. The molecule has 13 heavy (non-hydrogen) atoms. The minimum atomic E-state index is -0.254. The number of amidine groups is 1.